The Bertz CT molecular complexity index is 188. The lowest BCUT2D eigenvalue weighted by Gasteiger charge is -2.36. The van der Waals surface area contributed by atoms with Gasteiger partial charge in [-0.25, -0.2) is 0 Å². The summed E-state index contributed by atoms with van der Waals surface area (Å²) in [4.78, 5) is 0. The Labute approximate surface area is 87.1 Å². The summed E-state index contributed by atoms with van der Waals surface area (Å²) in [5.41, 5.74) is 3.93. The summed E-state index contributed by atoms with van der Waals surface area (Å²) in [5, 5.41) is 9.59. The number of hydrogen-bond donors (Lipinski definition) is 2. The third-order valence-electron chi connectivity index (χ3n) is 2.66. The number of hydrogen-bond acceptors (Lipinski definition) is 2. The van der Waals surface area contributed by atoms with Crippen molar-refractivity contribution in [2.24, 2.45) is 11.7 Å². The average Bonchev–Trinajstić information content (AvgIpc) is 2.03. The van der Waals surface area contributed by atoms with Crippen LogP contribution in [0.25, 0.3) is 0 Å². The van der Waals surface area contributed by atoms with Gasteiger partial charge in [-0.05, 0) is 25.7 Å². The fourth-order valence-electron chi connectivity index (χ4n) is 1.81. The number of halogens is 4. The second-order valence-corrected chi connectivity index (χ2v) is 3.76. The van der Waals surface area contributed by atoms with Crippen LogP contribution in [-0.4, -0.2) is 23.4 Å². The minimum atomic E-state index is -4.19. The molecular weight excluding hydrogens is 219 g/mol. The smallest absolute Gasteiger partial charge is 0.389 e. The van der Waals surface area contributed by atoms with E-state index in [0.29, 0.717) is 12.8 Å². The molecule has 6 heteroatoms. The molecule has 3 N–H and O–H groups in total. The maximum atomic E-state index is 12.3. The van der Waals surface area contributed by atoms with Crippen molar-refractivity contribution in [2.45, 2.75) is 37.5 Å². The molecule has 0 aromatic rings. The largest absolute Gasteiger partial charge is 0.391 e. The van der Waals surface area contributed by atoms with Crippen molar-refractivity contribution < 1.29 is 18.3 Å². The van der Waals surface area contributed by atoms with E-state index in [1.54, 1.807) is 0 Å². The van der Waals surface area contributed by atoms with Crippen LogP contribution in [0.2, 0.25) is 0 Å². The van der Waals surface area contributed by atoms with Gasteiger partial charge in [0.2, 0.25) is 0 Å². The summed E-state index contributed by atoms with van der Waals surface area (Å²) >= 11 is 0. The zero-order valence-corrected chi connectivity index (χ0v) is 8.50. The zero-order chi connectivity index (χ0) is 10.1. The maximum absolute atomic E-state index is 12.3. The minimum absolute atomic E-state index is 0. The van der Waals surface area contributed by atoms with Crippen LogP contribution in [0.5, 0.6) is 0 Å². The molecule has 0 aromatic carbocycles. The predicted octanol–water partition coefficient (Wildman–Crippen LogP) is 1.85. The van der Waals surface area contributed by atoms with Crippen LogP contribution in [0.1, 0.15) is 25.7 Å². The third-order valence-corrected chi connectivity index (χ3v) is 2.66. The SMILES string of the molecule is Cl.NCC1(O)CCCC(C(F)(F)F)C1. The second-order valence-electron chi connectivity index (χ2n) is 3.76. The summed E-state index contributed by atoms with van der Waals surface area (Å²) in [7, 11) is 0. The molecule has 2 unspecified atom stereocenters. The molecule has 0 bridgehead atoms. The molecule has 0 spiro atoms. The van der Waals surface area contributed by atoms with Gasteiger partial charge in [-0.15, -0.1) is 12.4 Å². The number of alkyl halides is 3. The van der Waals surface area contributed by atoms with Crippen LogP contribution >= 0.6 is 12.4 Å². The first-order chi connectivity index (χ1) is 5.87. The normalized spacial score (nSPS) is 33.6. The summed E-state index contributed by atoms with van der Waals surface area (Å²) in [6.07, 6.45) is -3.53. The number of rotatable bonds is 1. The van der Waals surface area contributed by atoms with Gasteiger partial charge >= 0.3 is 6.18 Å². The monoisotopic (exact) mass is 233 g/mol. The highest BCUT2D eigenvalue weighted by molar-refractivity contribution is 5.85. The number of nitrogens with two attached hydrogens (primary N) is 1. The molecule has 1 saturated carbocycles. The highest BCUT2D eigenvalue weighted by Gasteiger charge is 2.46. The molecule has 2 nitrogen and oxygen atoms in total. The van der Waals surface area contributed by atoms with E-state index in [1.165, 1.54) is 0 Å². The minimum Gasteiger partial charge on any atom is -0.389 e. The van der Waals surface area contributed by atoms with Crippen LogP contribution in [0, 0.1) is 5.92 Å². The number of aliphatic hydroxyl groups is 1. The average molecular weight is 234 g/mol. The Kier molecular flexibility index (Phi) is 4.68. The molecular formula is C8H15ClF3NO. The van der Waals surface area contributed by atoms with E-state index in [9.17, 15) is 18.3 Å². The molecule has 0 saturated heterocycles. The van der Waals surface area contributed by atoms with E-state index < -0.39 is 17.7 Å². The molecule has 2 atom stereocenters. The van der Waals surface area contributed by atoms with Crippen LogP contribution in [0.3, 0.4) is 0 Å². The first kappa shape index (κ1) is 14.0. The lowest BCUT2D eigenvalue weighted by molar-refractivity contribution is -0.199. The molecule has 1 fully saturated rings. The van der Waals surface area contributed by atoms with Crippen molar-refractivity contribution in [1.29, 1.82) is 0 Å². The molecule has 14 heavy (non-hydrogen) atoms. The van der Waals surface area contributed by atoms with Gasteiger partial charge in [-0.3, -0.25) is 0 Å². The predicted molar refractivity (Wildman–Crippen MR) is 49.3 cm³/mol. The highest BCUT2D eigenvalue weighted by atomic mass is 35.5. The fourth-order valence-corrected chi connectivity index (χ4v) is 1.81. The van der Waals surface area contributed by atoms with E-state index in [4.69, 9.17) is 5.73 Å². The standard InChI is InChI=1S/C8H14F3NO.ClH/c9-8(10,11)6-2-1-3-7(13,4-6)5-12;/h6,13H,1-5,12H2;1H. The Balaban J connectivity index is 0.00000169. The molecule has 0 heterocycles. The summed E-state index contributed by atoms with van der Waals surface area (Å²) in [6.45, 7) is -0.0837. The summed E-state index contributed by atoms with van der Waals surface area (Å²) in [6, 6.07) is 0. The maximum Gasteiger partial charge on any atom is 0.391 e. The highest BCUT2D eigenvalue weighted by Crippen LogP contribution is 2.41. The lowest BCUT2D eigenvalue weighted by atomic mass is 9.78. The topological polar surface area (TPSA) is 46.2 Å². The third kappa shape index (κ3) is 3.29. The molecule has 1 aliphatic carbocycles. The van der Waals surface area contributed by atoms with Crippen molar-refractivity contribution in [1.82, 2.24) is 0 Å². The molecule has 86 valence electrons. The van der Waals surface area contributed by atoms with E-state index in [0.717, 1.165) is 0 Å². The van der Waals surface area contributed by atoms with Crippen LogP contribution in [-0.2, 0) is 0 Å². The Morgan fingerprint density at radius 3 is 2.43 bits per heavy atom. The van der Waals surface area contributed by atoms with Gasteiger partial charge < -0.3 is 10.8 Å². The van der Waals surface area contributed by atoms with Crippen molar-refractivity contribution >= 4 is 12.4 Å². The van der Waals surface area contributed by atoms with Gasteiger partial charge in [0.25, 0.3) is 0 Å². The van der Waals surface area contributed by atoms with Crippen molar-refractivity contribution in [3.05, 3.63) is 0 Å². The van der Waals surface area contributed by atoms with Gasteiger partial charge in [-0.1, -0.05) is 0 Å². The Morgan fingerprint density at radius 2 is 2.00 bits per heavy atom. The van der Waals surface area contributed by atoms with E-state index >= 15 is 0 Å². The quantitative estimate of drug-likeness (QED) is 0.726. The lowest BCUT2D eigenvalue weighted by Crippen LogP contribution is -2.45. The molecule has 0 aliphatic heterocycles. The fraction of sp³-hybridized carbons (Fsp3) is 1.00. The van der Waals surface area contributed by atoms with Crippen molar-refractivity contribution in [3.63, 3.8) is 0 Å². The van der Waals surface area contributed by atoms with Gasteiger partial charge in [0.05, 0.1) is 11.5 Å². The molecule has 0 amide bonds. The van der Waals surface area contributed by atoms with Gasteiger partial charge in [0.15, 0.2) is 0 Å². The van der Waals surface area contributed by atoms with Crippen LogP contribution in [0.4, 0.5) is 13.2 Å². The Hall–Kier alpha value is -0.0000000000000000555. The summed E-state index contributed by atoms with van der Waals surface area (Å²) in [5.74, 6) is -1.38. The second kappa shape index (κ2) is 4.68. The van der Waals surface area contributed by atoms with Crippen LogP contribution in [0.15, 0.2) is 0 Å². The molecule has 0 aromatic heterocycles. The van der Waals surface area contributed by atoms with Gasteiger partial charge in [-0.2, -0.15) is 13.2 Å². The van der Waals surface area contributed by atoms with Gasteiger partial charge in [0, 0.05) is 6.54 Å². The Morgan fingerprint density at radius 1 is 1.43 bits per heavy atom. The van der Waals surface area contributed by atoms with E-state index in [1.807, 2.05) is 0 Å². The van der Waals surface area contributed by atoms with Crippen molar-refractivity contribution in [3.8, 4) is 0 Å². The molecule has 1 aliphatic rings. The van der Waals surface area contributed by atoms with Gasteiger partial charge in [0.1, 0.15) is 0 Å². The van der Waals surface area contributed by atoms with E-state index in [2.05, 4.69) is 0 Å². The van der Waals surface area contributed by atoms with E-state index in [-0.39, 0.29) is 31.8 Å². The zero-order valence-electron chi connectivity index (χ0n) is 7.68. The van der Waals surface area contributed by atoms with Crippen molar-refractivity contribution in [2.75, 3.05) is 6.54 Å². The summed E-state index contributed by atoms with van der Waals surface area (Å²) < 4.78 is 36.8. The molecule has 1 rings (SSSR count). The first-order valence-corrected chi connectivity index (χ1v) is 4.36. The molecule has 0 radical (unpaired) electrons. The van der Waals surface area contributed by atoms with Crippen LogP contribution < -0.4 is 5.73 Å². The first-order valence-electron chi connectivity index (χ1n) is 4.36.